The average Bonchev–Trinajstić information content (AvgIpc) is 2.07. The predicted molar refractivity (Wildman–Crippen MR) is 47.5 cm³/mol. The minimum atomic E-state index is -0.737. The first-order valence-electron chi connectivity index (χ1n) is 3.92. The fraction of sp³-hybridized carbons (Fsp3) is 0.333. The maximum absolute atomic E-state index is 13.1. The second-order valence-electron chi connectivity index (χ2n) is 2.99. The highest BCUT2D eigenvalue weighted by Gasteiger charge is 2.22. The summed E-state index contributed by atoms with van der Waals surface area (Å²) in [6.07, 6.45) is -0.737. The highest BCUT2D eigenvalue weighted by molar-refractivity contribution is 7.98. The van der Waals surface area contributed by atoms with Crippen LogP contribution in [0.25, 0.3) is 0 Å². The van der Waals surface area contributed by atoms with Crippen molar-refractivity contribution < 1.29 is 13.9 Å². The number of rotatable bonds is 0. The first kappa shape index (κ1) is 8.97. The number of fused-ring (bicyclic) bond motifs is 1. The molecule has 0 saturated carbocycles. The lowest BCUT2D eigenvalue weighted by Crippen LogP contribution is -2.12. The van der Waals surface area contributed by atoms with Gasteiger partial charge in [0.2, 0.25) is 0 Å². The summed E-state index contributed by atoms with van der Waals surface area (Å²) in [7, 11) is 0. The highest BCUT2D eigenvalue weighted by Crippen LogP contribution is 2.33. The number of hydrogen-bond acceptors (Lipinski definition) is 2. The molecule has 0 unspecified atom stereocenters. The molecule has 1 aliphatic rings. The molecule has 1 aliphatic heterocycles. The summed E-state index contributed by atoms with van der Waals surface area (Å²) >= 11 is 1.45. The van der Waals surface area contributed by atoms with Crippen molar-refractivity contribution in [3.05, 3.63) is 34.9 Å². The quantitative estimate of drug-likeness (QED) is 0.696. The maximum atomic E-state index is 13.1. The van der Waals surface area contributed by atoms with Crippen molar-refractivity contribution in [3.63, 3.8) is 0 Å². The summed E-state index contributed by atoms with van der Waals surface area (Å²) in [6, 6.07) is 2.07. The van der Waals surface area contributed by atoms with Crippen molar-refractivity contribution in [1.29, 1.82) is 0 Å². The second-order valence-corrected chi connectivity index (χ2v) is 4.02. The van der Waals surface area contributed by atoms with Crippen LogP contribution >= 0.6 is 11.8 Å². The normalized spacial score (nSPS) is 21.3. The Morgan fingerprint density at radius 1 is 1.38 bits per heavy atom. The van der Waals surface area contributed by atoms with E-state index in [1.54, 1.807) is 0 Å². The van der Waals surface area contributed by atoms with Crippen LogP contribution in [0.15, 0.2) is 12.1 Å². The van der Waals surface area contributed by atoms with Crippen LogP contribution in [0.2, 0.25) is 0 Å². The summed E-state index contributed by atoms with van der Waals surface area (Å²) in [5.41, 5.74) is 0.835. The molecular formula is C9H8F2OS. The molecule has 0 aromatic heterocycles. The van der Waals surface area contributed by atoms with Crippen molar-refractivity contribution in [2.24, 2.45) is 0 Å². The van der Waals surface area contributed by atoms with Crippen molar-refractivity contribution in [3.8, 4) is 0 Å². The summed E-state index contributed by atoms with van der Waals surface area (Å²) in [5, 5.41) is 9.46. The Morgan fingerprint density at radius 3 is 2.92 bits per heavy atom. The first-order valence-corrected chi connectivity index (χ1v) is 5.07. The smallest absolute Gasteiger partial charge is 0.130 e. The lowest BCUT2D eigenvalue weighted by Gasteiger charge is -2.21. The Bertz CT molecular complexity index is 341. The van der Waals surface area contributed by atoms with E-state index < -0.39 is 17.7 Å². The van der Waals surface area contributed by atoms with Gasteiger partial charge >= 0.3 is 0 Å². The summed E-state index contributed by atoms with van der Waals surface area (Å²) in [6.45, 7) is 0. The fourth-order valence-corrected chi connectivity index (χ4v) is 2.46. The summed E-state index contributed by atoms with van der Waals surface area (Å²) < 4.78 is 25.9. The maximum Gasteiger partial charge on any atom is 0.130 e. The van der Waals surface area contributed by atoms with Crippen LogP contribution in [0.5, 0.6) is 0 Å². The number of halogens is 2. The standard InChI is InChI=1S/C9H8F2OS/c10-5-1-6-7(8(11)2-5)3-13-4-9(6)12/h1-2,9,12H,3-4H2/t9-/m1/s1. The number of thioether (sulfide) groups is 1. The topological polar surface area (TPSA) is 20.2 Å². The van der Waals surface area contributed by atoms with Crippen LogP contribution in [0.1, 0.15) is 17.2 Å². The Hall–Kier alpha value is -0.610. The van der Waals surface area contributed by atoms with Gasteiger partial charge < -0.3 is 5.11 Å². The number of hydrogen-bond donors (Lipinski definition) is 1. The molecule has 2 rings (SSSR count). The van der Waals surface area contributed by atoms with Crippen LogP contribution in [-0.4, -0.2) is 10.9 Å². The average molecular weight is 202 g/mol. The molecule has 0 saturated heterocycles. The van der Waals surface area contributed by atoms with Crippen LogP contribution in [0.4, 0.5) is 8.78 Å². The molecule has 0 radical (unpaired) electrons. The van der Waals surface area contributed by atoms with Crippen molar-refractivity contribution in [2.75, 3.05) is 5.75 Å². The lowest BCUT2D eigenvalue weighted by atomic mass is 10.0. The van der Waals surface area contributed by atoms with Gasteiger partial charge in [0.1, 0.15) is 11.6 Å². The van der Waals surface area contributed by atoms with Crippen LogP contribution in [0.3, 0.4) is 0 Å². The Morgan fingerprint density at radius 2 is 2.15 bits per heavy atom. The molecule has 1 aromatic rings. The zero-order valence-corrected chi connectivity index (χ0v) is 7.57. The monoisotopic (exact) mass is 202 g/mol. The third-order valence-corrected chi connectivity index (χ3v) is 3.12. The van der Waals surface area contributed by atoms with Gasteiger partial charge in [-0.05, 0) is 11.6 Å². The Labute approximate surface area is 78.8 Å². The molecule has 4 heteroatoms. The van der Waals surface area contributed by atoms with Gasteiger partial charge in [-0.15, -0.1) is 0 Å². The van der Waals surface area contributed by atoms with E-state index in [1.807, 2.05) is 0 Å². The molecule has 0 spiro atoms. The van der Waals surface area contributed by atoms with Gasteiger partial charge in [0, 0.05) is 23.1 Å². The number of aliphatic hydroxyl groups is 1. The summed E-state index contributed by atoms with van der Waals surface area (Å²) in [4.78, 5) is 0. The number of aliphatic hydroxyl groups excluding tert-OH is 1. The van der Waals surface area contributed by atoms with E-state index in [0.717, 1.165) is 6.07 Å². The molecule has 1 N–H and O–H groups in total. The van der Waals surface area contributed by atoms with E-state index >= 15 is 0 Å². The Kier molecular flexibility index (Phi) is 2.26. The number of benzene rings is 1. The van der Waals surface area contributed by atoms with E-state index in [9.17, 15) is 13.9 Å². The van der Waals surface area contributed by atoms with E-state index in [-0.39, 0.29) is 0 Å². The van der Waals surface area contributed by atoms with Gasteiger partial charge in [-0.1, -0.05) is 0 Å². The largest absolute Gasteiger partial charge is 0.388 e. The zero-order chi connectivity index (χ0) is 9.42. The van der Waals surface area contributed by atoms with E-state index in [0.29, 0.717) is 22.6 Å². The van der Waals surface area contributed by atoms with E-state index in [2.05, 4.69) is 0 Å². The van der Waals surface area contributed by atoms with E-state index in [1.165, 1.54) is 17.8 Å². The first-order chi connectivity index (χ1) is 6.18. The molecule has 1 aromatic carbocycles. The van der Waals surface area contributed by atoms with E-state index in [4.69, 9.17) is 0 Å². The van der Waals surface area contributed by atoms with Crippen molar-refractivity contribution in [2.45, 2.75) is 11.9 Å². The van der Waals surface area contributed by atoms with Crippen molar-refractivity contribution >= 4 is 11.8 Å². The molecule has 13 heavy (non-hydrogen) atoms. The summed E-state index contributed by atoms with van der Waals surface area (Å²) in [5.74, 6) is -0.155. The van der Waals surface area contributed by atoms with Crippen LogP contribution in [0, 0.1) is 11.6 Å². The van der Waals surface area contributed by atoms with Gasteiger partial charge in [0.15, 0.2) is 0 Å². The van der Waals surface area contributed by atoms with Crippen LogP contribution < -0.4 is 0 Å². The molecule has 1 nitrogen and oxygen atoms in total. The minimum Gasteiger partial charge on any atom is -0.388 e. The van der Waals surface area contributed by atoms with Gasteiger partial charge in [-0.2, -0.15) is 11.8 Å². The molecule has 0 fully saturated rings. The van der Waals surface area contributed by atoms with Crippen LogP contribution in [-0.2, 0) is 5.75 Å². The fourth-order valence-electron chi connectivity index (χ4n) is 1.44. The molecule has 1 atom stereocenters. The SMILES string of the molecule is O[C@@H]1CSCc2c(F)cc(F)cc21. The molecule has 0 bridgehead atoms. The third kappa shape index (κ3) is 1.56. The Balaban J connectivity index is 2.56. The molecular weight excluding hydrogens is 194 g/mol. The van der Waals surface area contributed by atoms with Crippen molar-refractivity contribution in [1.82, 2.24) is 0 Å². The highest BCUT2D eigenvalue weighted by atomic mass is 32.2. The van der Waals surface area contributed by atoms with Gasteiger partial charge in [0.25, 0.3) is 0 Å². The third-order valence-electron chi connectivity index (χ3n) is 2.08. The molecule has 0 amide bonds. The van der Waals surface area contributed by atoms with Gasteiger partial charge in [-0.25, -0.2) is 8.78 Å². The minimum absolute atomic E-state index is 0.399. The molecule has 1 heterocycles. The predicted octanol–water partition coefficient (Wildman–Crippen LogP) is 2.25. The second kappa shape index (κ2) is 3.27. The van der Waals surface area contributed by atoms with Gasteiger partial charge in [0.05, 0.1) is 6.10 Å². The zero-order valence-electron chi connectivity index (χ0n) is 6.76. The lowest BCUT2D eigenvalue weighted by molar-refractivity contribution is 0.200. The van der Waals surface area contributed by atoms with Gasteiger partial charge in [-0.3, -0.25) is 0 Å². The molecule has 0 aliphatic carbocycles. The molecule has 70 valence electrons.